The molecular weight excluding hydrogens is 210 g/mol. The number of hydroxylamine groups is 2. The van der Waals surface area contributed by atoms with Crippen molar-refractivity contribution in [3.8, 4) is 0 Å². The fraction of sp³-hybridized carbons (Fsp3) is 0.909. The van der Waals surface area contributed by atoms with Crippen LogP contribution in [0, 0.1) is 5.92 Å². The Labute approximate surface area is 95.3 Å². The molecule has 0 aromatic heterocycles. The minimum absolute atomic E-state index is 0.151. The number of nitrogens with zero attached hydrogens (tertiary/aromatic N) is 1. The average Bonchev–Trinajstić information content (AvgIpc) is 2.67. The van der Waals surface area contributed by atoms with Gasteiger partial charge in [-0.05, 0) is 19.8 Å². The molecule has 16 heavy (non-hydrogen) atoms. The molecule has 5 nitrogen and oxygen atoms in total. The Kier molecular flexibility index (Phi) is 3.47. The van der Waals surface area contributed by atoms with Gasteiger partial charge in [0, 0.05) is 18.5 Å². The summed E-state index contributed by atoms with van der Waals surface area (Å²) in [7, 11) is 1.35. The van der Waals surface area contributed by atoms with E-state index in [4.69, 9.17) is 9.57 Å². The van der Waals surface area contributed by atoms with Gasteiger partial charge in [-0.1, -0.05) is 6.42 Å². The lowest BCUT2D eigenvalue weighted by molar-refractivity contribution is -0.192. The van der Waals surface area contributed by atoms with E-state index in [1.807, 2.05) is 5.06 Å². The molecular formula is C11H19NO4. The number of aliphatic hydroxyl groups is 1. The molecule has 5 heteroatoms. The standard InChI is InChI=1S/C11H19NO4/c1-7(13)9-8-5-3-4-6-12(8)16-10(9)11(14)15-2/h7-10,13H,3-6H2,1-2H3/t7-,8-,9-,10-/m1/s1. The summed E-state index contributed by atoms with van der Waals surface area (Å²) in [6.07, 6.45) is 1.98. The van der Waals surface area contributed by atoms with Crippen LogP contribution in [0.3, 0.4) is 0 Å². The number of esters is 1. The summed E-state index contributed by atoms with van der Waals surface area (Å²) < 4.78 is 4.72. The zero-order chi connectivity index (χ0) is 11.7. The summed E-state index contributed by atoms with van der Waals surface area (Å²) in [5, 5.41) is 11.6. The number of methoxy groups -OCH3 is 1. The van der Waals surface area contributed by atoms with Crippen LogP contribution in [0.5, 0.6) is 0 Å². The molecule has 2 aliphatic heterocycles. The van der Waals surface area contributed by atoms with Crippen molar-refractivity contribution in [1.82, 2.24) is 5.06 Å². The molecule has 0 bridgehead atoms. The van der Waals surface area contributed by atoms with Crippen LogP contribution < -0.4 is 0 Å². The maximum absolute atomic E-state index is 11.6. The highest BCUT2D eigenvalue weighted by Gasteiger charge is 2.50. The monoisotopic (exact) mass is 229 g/mol. The van der Waals surface area contributed by atoms with E-state index in [1.165, 1.54) is 7.11 Å². The molecule has 0 saturated carbocycles. The van der Waals surface area contributed by atoms with Crippen molar-refractivity contribution in [2.24, 2.45) is 5.92 Å². The van der Waals surface area contributed by atoms with Crippen molar-refractivity contribution < 1.29 is 19.5 Å². The highest BCUT2D eigenvalue weighted by molar-refractivity contribution is 5.75. The molecule has 2 rings (SSSR count). The van der Waals surface area contributed by atoms with Gasteiger partial charge in [-0.25, -0.2) is 4.79 Å². The Morgan fingerprint density at radius 1 is 1.56 bits per heavy atom. The Balaban J connectivity index is 2.16. The Hall–Kier alpha value is -0.650. The van der Waals surface area contributed by atoms with E-state index in [-0.39, 0.29) is 17.9 Å². The van der Waals surface area contributed by atoms with Gasteiger partial charge in [-0.15, -0.1) is 0 Å². The SMILES string of the molecule is COC(=O)[C@@H]1ON2CCCC[C@@H]2[C@H]1[C@@H](C)O. The van der Waals surface area contributed by atoms with E-state index in [2.05, 4.69) is 0 Å². The van der Waals surface area contributed by atoms with Crippen LogP contribution in [0.15, 0.2) is 0 Å². The molecule has 0 spiro atoms. The average molecular weight is 229 g/mol. The molecule has 0 amide bonds. The fourth-order valence-corrected chi connectivity index (χ4v) is 2.75. The second-order valence-corrected chi connectivity index (χ2v) is 4.57. The number of hydrogen-bond donors (Lipinski definition) is 1. The normalized spacial score (nSPS) is 36.8. The Bertz CT molecular complexity index is 269. The fourth-order valence-electron chi connectivity index (χ4n) is 2.75. The first-order valence-corrected chi connectivity index (χ1v) is 5.84. The number of aliphatic hydroxyl groups excluding tert-OH is 1. The first-order valence-electron chi connectivity index (χ1n) is 5.84. The topological polar surface area (TPSA) is 59.0 Å². The number of rotatable bonds is 2. The van der Waals surface area contributed by atoms with Crippen molar-refractivity contribution in [1.29, 1.82) is 0 Å². The number of fused-ring (bicyclic) bond motifs is 1. The summed E-state index contributed by atoms with van der Waals surface area (Å²) >= 11 is 0. The van der Waals surface area contributed by atoms with Crippen LogP contribution in [-0.4, -0.2) is 48.0 Å². The second kappa shape index (κ2) is 4.69. The highest BCUT2D eigenvalue weighted by atomic mass is 16.7. The van der Waals surface area contributed by atoms with Gasteiger partial charge in [-0.2, -0.15) is 5.06 Å². The van der Waals surface area contributed by atoms with E-state index >= 15 is 0 Å². The van der Waals surface area contributed by atoms with Gasteiger partial charge in [0.1, 0.15) is 0 Å². The molecule has 0 unspecified atom stereocenters. The number of piperidine rings is 1. The van der Waals surface area contributed by atoms with Gasteiger partial charge in [0.25, 0.3) is 0 Å². The van der Waals surface area contributed by atoms with Gasteiger partial charge in [0.2, 0.25) is 0 Å². The minimum atomic E-state index is -0.645. The number of ether oxygens (including phenoxy) is 1. The third-order valence-corrected chi connectivity index (χ3v) is 3.53. The quantitative estimate of drug-likeness (QED) is 0.691. The maximum Gasteiger partial charge on any atom is 0.337 e. The van der Waals surface area contributed by atoms with E-state index in [9.17, 15) is 9.90 Å². The second-order valence-electron chi connectivity index (χ2n) is 4.57. The molecule has 0 aromatic carbocycles. The predicted molar refractivity (Wildman–Crippen MR) is 56.4 cm³/mol. The number of carbonyl (C=O) groups excluding carboxylic acids is 1. The summed E-state index contributed by atoms with van der Waals surface area (Å²) in [5.74, 6) is -0.562. The van der Waals surface area contributed by atoms with Crippen LogP contribution in [0.4, 0.5) is 0 Å². The van der Waals surface area contributed by atoms with Gasteiger partial charge >= 0.3 is 5.97 Å². The smallest absolute Gasteiger partial charge is 0.337 e. The molecule has 2 fully saturated rings. The molecule has 0 aliphatic carbocycles. The molecule has 1 N–H and O–H groups in total. The highest BCUT2D eigenvalue weighted by Crippen LogP contribution is 2.36. The first-order chi connectivity index (χ1) is 7.65. The zero-order valence-corrected chi connectivity index (χ0v) is 9.76. The number of carbonyl (C=O) groups is 1. The lowest BCUT2D eigenvalue weighted by Gasteiger charge is -2.30. The van der Waals surface area contributed by atoms with Crippen molar-refractivity contribution in [3.05, 3.63) is 0 Å². The van der Waals surface area contributed by atoms with E-state index in [1.54, 1.807) is 6.92 Å². The summed E-state index contributed by atoms with van der Waals surface area (Å²) in [6.45, 7) is 2.55. The van der Waals surface area contributed by atoms with Crippen molar-refractivity contribution in [2.45, 2.75) is 44.4 Å². The third-order valence-electron chi connectivity index (χ3n) is 3.53. The van der Waals surface area contributed by atoms with Crippen molar-refractivity contribution in [3.63, 3.8) is 0 Å². The van der Waals surface area contributed by atoms with Crippen molar-refractivity contribution in [2.75, 3.05) is 13.7 Å². The molecule has 2 aliphatic rings. The minimum Gasteiger partial charge on any atom is -0.467 e. The number of hydrogen-bond acceptors (Lipinski definition) is 5. The molecule has 2 heterocycles. The molecule has 0 radical (unpaired) electrons. The molecule has 2 saturated heterocycles. The third kappa shape index (κ3) is 1.95. The Morgan fingerprint density at radius 2 is 2.31 bits per heavy atom. The van der Waals surface area contributed by atoms with E-state index < -0.39 is 12.2 Å². The predicted octanol–water partition coefficient (Wildman–Crippen LogP) is 0.325. The van der Waals surface area contributed by atoms with Gasteiger partial charge in [0.05, 0.1) is 13.2 Å². The van der Waals surface area contributed by atoms with Crippen LogP contribution in [0.25, 0.3) is 0 Å². The van der Waals surface area contributed by atoms with E-state index in [0.29, 0.717) is 0 Å². The maximum atomic E-state index is 11.6. The molecule has 0 aromatic rings. The summed E-state index contributed by atoms with van der Waals surface area (Å²) in [4.78, 5) is 17.2. The Morgan fingerprint density at radius 3 is 2.94 bits per heavy atom. The van der Waals surface area contributed by atoms with Gasteiger partial charge in [-0.3, -0.25) is 4.84 Å². The van der Waals surface area contributed by atoms with Crippen LogP contribution in [0.1, 0.15) is 26.2 Å². The zero-order valence-electron chi connectivity index (χ0n) is 9.76. The largest absolute Gasteiger partial charge is 0.467 e. The lowest BCUT2D eigenvalue weighted by Crippen LogP contribution is -2.41. The lowest BCUT2D eigenvalue weighted by atomic mass is 9.85. The van der Waals surface area contributed by atoms with E-state index in [0.717, 1.165) is 25.8 Å². The van der Waals surface area contributed by atoms with Gasteiger partial charge < -0.3 is 9.84 Å². The molecule has 4 atom stereocenters. The van der Waals surface area contributed by atoms with Gasteiger partial charge in [0.15, 0.2) is 6.10 Å². The summed E-state index contributed by atoms with van der Waals surface area (Å²) in [6, 6.07) is 0.151. The first kappa shape index (κ1) is 11.8. The van der Waals surface area contributed by atoms with Crippen LogP contribution >= 0.6 is 0 Å². The molecule has 92 valence electrons. The van der Waals surface area contributed by atoms with Crippen LogP contribution in [0.2, 0.25) is 0 Å². The summed E-state index contributed by atoms with van der Waals surface area (Å²) in [5.41, 5.74) is 0. The van der Waals surface area contributed by atoms with Crippen LogP contribution in [-0.2, 0) is 14.4 Å². The van der Waals surface area contributed by atoms with Crippen molar-refractivity contribution >= 4 is 5.97 Å².